The van der Waals surface area contributed by atoms with Gasteiger partial charge in [0.15, 0.2) is 0 Å². The summed E-state index contributed by atoms with van der Waals surface area (Å²) in [5.74, 6) is 0. The third kappa shape index (κ3) is 1.57. The summed E-state index contributed by atoms with van der Waals surface area (Å²) in [5, 5.41) is 2.68. The fourth-order valence-electron chi connectivity index (χ4n) is 3.53. The van der Waals surface area contributed by atoms with Crippen LogP contribution in [0.1, 0.15) is 11.1 Å². The Hall–Kier alpha value is -1.64. The molecule has 0 bridgehead atoms. The maximum absolute atomic E-state index is 3.71. The van der Waals surface area contributed by atoms with Crippen molar-refractivity contribution in [2.24, 2.45) is 0 Å². The Balaban J connectivity index is 1.91. The molecule has 0 heterocycles. The van der Waals surface area contributed by atoms with Gasteiger partial charge >= 0.3 is 0 Å². The second-order valence-electron chi connectivity index (χ2n) is 5.69. The van der Waals surface area contributed by atoms with Crippen LogP contribution in [0.2, 0.25) is 0 Å². The minimum absolute atomic E-state index is 1.10. The summed E-state index contributed by atoms with van der Waals surface area (Å²) in [7, 11) is 0. The first-order valence-electron chi connectivity index (χ1n) is 7.18. The number of benzene rings is 3. The molecule has 0 unspecified atom stereocenters. The molecule has 104 valence electrons. The van der Waals surface area contributed by atoms with Crippen molar-refractivity contribution in [3.63, 3.8) is 0 Å². The van der Waals surface area contributed by atoms with Gasteiger partial charge < -0.3 is 0 Å². The predicted octanol–water partition coefficient (Wildman–Crippen LogP) is 4.83. The Bertz CT molecular complexity index is 1090. The molecule has 0 spiro atoms. The molecule has 0 radical (unpaired) electrons. The lowest BCUT2D eigenvalue weighted by Gasteiger charge is -2.06. The Morgan fingerprint density at radius 1 is 0.591 bits per heavy atom. The van der Waals surface area contributed by atoms with Crippen molar-refractivity contribution in [2.45, 2.75) is 0 Å². The van der Waals surface area contributed by atoms with Gasteiger partial charge in [-0.05, 0) is 93.9 Å². The molecule has 3 aromatic rings. The van der Waals surface area contributed by atoms with Gasteiger partial charge in [-0.25, -0.2) is 0 Å². The van der Waals surface area contributed by atoms with E-state index < -0.39 is 0 Å². The lowest BCUT2D eigenvalue weighted by molar-refractivity contribution is 1.53. The van der Waals surface area contributed by atoms with Crippen LogP contribution in [0, 0.1) is 0 Å². The van der Waals surface area contributed by atoms with Crippen molar-refractivity contribution in [2.75, 3.05) is 0 Å². The van der Waals surface area contributed by atoms with E-state index in [0.29, 0.717) is 0 Å². The molecule has 0 aromatic heterocycles. The van der Waals surface area contributed by atoms with E-state index in [9.17, 15) is 0 Å². The Morgan fingerprint density at radius 2 is 1.27 bits per heavy atom. The summed E-state index contributed by atoms with van der Waals surface area (Å²) in [6, 6.07) is 17.4. The zero-order valence-corrected chi connectivity index (χ0v) is 14.7. The maximum atomic E-state index is 3.71. The molecule has 2 aliphatic rings. The maximum Gasteiger partial charge on any atom is 0.0396 e. The first-order chi connectivity index (χ1) is 10.7. The van der Waals surface area contributed by atoms with E-state index >= 15 is 0 Å². The van der Waals surface area contributed by atoms with Gasteiger partial charge in [-0.2, -0.15) is 0 Å². The van der Waals surface area contributed by atoms with Crippen molar-refractivity contribution in [3.05, 3.63) is 79.0 Å². The van der Waals surface area contributed by atoms with E-state index in [0.717, 1.165) is 8.95 Å². The van der Waals surface area contributed by atoms with Crippen molar-refractivity contribution < 1.29 is 0 Å². The summed E-state index contributed by atoms with van der Waals surface area (Å²) >= 11 is 7.32. The normalized spacial score (nSPS) is 12.8. The molecule has 0 saturated heterocycles. The van der Waals surface area contributed by atoms with Crippen LogP contribution < -0.4 is 10.4 Å². The largest absolute Gasteiger partial charge is 0.0616 e. The van der Waals surface area contributed by atoms with Gasteiger partial charge in [0.2, 0.25) is 0 Å². The molecule has 0 N–H and O–H groups in total. The topological polar surface area (TPSA) is 0 Å². The van der Waals surface area contributed by atoms with E-state index in [1.807, 2.05) is 0 Å². The van der Waals surface area contributed by atoms with E-state index in [4.69, 9.17) is 0 Å². The zero-order chi connectivity index (χ0) is 14.8. The molecule has 0 fully saturated rings. The highest BCUT2D eigenvalue weighted by Crippen LogP contribution is 2.37. The number of fused-ring (bicyclic) bond motifs is 7. The summed E-state index contributed by atoms with van der Waals surface area (Å²) in [6.45, 7) is 0. The molecule has 22 heavy (non-hydrogen) atoms. The number of hydrogen-bond acceptors (Lipinski definition) is 0. The van der Waals surface area contributed by atoms with E-state index in [2.05, 4.69) is 92.5 Å². The van der Waals surface area contributed by atoms with Crippen LogP contribution in [0.4, 0.5) is 0 Å². The highest BCUT2D eigenvalue weighted by molar-refractivity contribution is 9.13. The molecular weight excluding hydrogens is 400 g/mol. The SMILES string of the molecule is Brc1ccc2c(c1Br)C=c1c-2ccc2c1=Cc1ccccc1-2. The van der Waals surface area contributed by atoms with Crippen LogP contribution in [0.15, 0.2) is 57.5 Å². The van der Waals surface area contributed by atoms with Gasteiger partial charge in [-0.15, -0.1) is 0 Å². The molecule has 3 aromatic carbocycles. The van der Waals surface area contributed by atoms with Crippen molar-refractivity contribution in [3.8, 4) is 22.3 Å². The molecule has 2 heteroatoms. The van der Waals surface area contributed by atoms with Gasteiger partial charge in [0.25, 0.3) is 0 Å². The van der Waals surface area contributed by atoms with Gasteiger partial charge in [0.05, 0.1) is 0 Å². The Kier molecular flexibility index (Phi) is 2.59. The second kappa shape index (κ2) is 4.43. The van der Waals surface area contributed by atoms with Crippen LogP contribution in [0.5, 0.6) is 0 Å². The molecular formula is C20H10Br2. The first-order valence-corrected chi connectivity index (χ1v) is 8.77. The fourth-order valence-corrected chi connectivity index (χ4v) is 4.33. The van der Waals surface area contributed by atoms with Crippen molar-refractivity contribution in [1.29, 1.82) is 0 Å². The smallest absolute Gasteiger partial charge is 0.0396 e. The summed E-state index contributed by atoms with van der Waals surface area (Å²) in [5.41, 5.74) is 7.89. The molecule has 0 aliphatic heterocycles. The van der Waals surface area contributed by atoms with E-state index in [1.54, 1.807) is 0 Å². The summed E-state index contributed by atoms with van der Waals surface area (Å²) < 4.78 is 2.23. The molecule has 5 rings (SSSR count). The molecule has 0 atom stereocenters. The molecule has 2 aliphatic carbocycles. The first kappa shape index (κ1) is 12.9. The monoisotopic (exact) mass is 408 g/mol. The average molecular weight is 410 g/mol. The third-order valence-corrected chi connectivity index (χ3v) is 6.60. The van der Waals surface area contributed by atoms with Crippen LogP contribution in [0.3, 0.4) is 0 Å². The van der Waals surface area contributed by atoms with Crippen LogP contribution in [-0.2, 0) is 0 Å². The van der Waals surface area contributed by atoms with E-state index in [-0.39, 0.29) is 0 Å². The van der Waals surface area contributed by atoms with Crippen molar-refractivity contribution in [1.82, 2.24) is 0 Å². The van der Waals surface area contributed by atoms with Crippen LogP contribution in [-0.4, -0.2) is 0 Å². The lowest BCUT2D eigenvalue weighted by Crippen LogP contribution is -2.25. The van der Waals surface area contributed by atoms with Gasteiger partial charge in [0, 0.05) is 8.95 Å². The second-order valence-corrected chi connectivity index (χ2v) is 7.33. The van der Waals surface area contributed by atoms with E-state index in [1.165, 1.54) is 43.8 Å². The minimum Gasteiger partial charge on any atom is -0.0616 e. The van der Waals surface area contributed by atoms with Gasteiger partial charge in [0.1, 0.15) is 0 Å². The quantitative estimate of drug-likeness (QED) is 0.343. The summed E-state index contributed by atoms with van der Waals surface area (Å²) in [6.07, 6.45) is 4.62. The minimum atomic E-state index is 1.10. The van der Waals surface area contributed by atoms with Crippen LogP contribution >= 0.6 is 31.9 Å². The Labute approximate surface area is 145 Å². The number of rotatable bonds is 0. The zero-order valence-electron chi connectivity index (χ0n) is 11.5. The molecule has 0 nitrogen and oxygen atoms in total. The Morgan fingerprint density at radius 3 is 2.14 bits per heavy atom. The molecule has 0 amide bonds. The fraction of sp³-hybridized carbons (Fsp3) is 0. The van der Waals surface area contributed by atoms with Crippen molar-refractivity contribution >= 4 is 44.0 Å². The van der Waals surface area contributed by atoms with Gasteiger partial charge in [-0.1, -0.05) is 42.5 Å². The number of hydrogen-bond donors (Lipinski definition) is 0. The average Bonchev–Trinajstić information content (AvgIpc) is 3.09. The lowest BCUT2D eigenvalue weighted by atomic mass is 10.0. The highest BCUT2D eigenvalue weighted by atomic mass is 79.9. The highest BCUT2D eigenvalue weighted by Gasteiger charge is 2.20. The standard InChI is InChI=1S/C20H10Br2/c21-19-8-7-15-14-6-5-13-12-4-2-1-3-11(12)9-16(13)17(14)10-18(15)20(19)22/h1-10H. The third-order valence-electron chi connectivity index (χ3n) is 4.55. The van der Waals surface area contributed by atoms with Gasteiger partial charge in [-0.3, -0.25) is 0 Å². The number of halogens is 2. The summed E-state index contributed by atoms with van der Waals surface area (Å²) in [4.78, 5) is 0. The molecule has 0 saturated carbocycles. The van der Waals surface area contributed by atoms with Crippen LogP contribution in [0.25, 0.3) is 34.4 Å². The predicted molar refractivity (Wildman–Crippen MR) is 99.1 cm³/mol.